The summed E-state index contributed by atoms with van der Waals surface area (Å²) in [6.07, 6.45) is 5.18. The van der Waals surface area contributed by atoms with Gasteiger partial charge in [-0.15, -0.1) is 10.2 Å². The van der Waals surface area contributed by atoms with Crippen LogP contribution in [0.3, 0.4) is 0 Å². The lowest BCUT2D eigenvalue weighted by Gasteiger charge is -2.25. The molecule has 0 spiro atoms. The fourth-order valence-electron chi connectivity index (χ4n) is 2.42. The van der Waals surface area contributed by atoms with E-state index in [4.69, 9.17) is 9.15 Å². The van der Waals surface area contributed by atoms with Gasteiger partial charge in [0.2, 0.25) is 11.8 Å². The van der Waals surface area contributed by atoms with Gasteiger partial charge < -0.3 is 9.15 Å². The normalized spacial score (nSPS) is 12.5. The van der Waals surface area contributed by atoms with Crippen LogP contribution in [0.5, 0.6) is 0 Å². The molecule has 3 rings (SSSR count). The molecular formula is C17H19N5O2. The fraction of sp³-hybridized carbons (Fsp3) is 0.294. The zero-order valence-corrected chi connectivity index (χ0v) is 13.7. The minimum atomic E-state index is 0.00458. The van der Waals surface area contributed by atoms with Crippen molar-refractivity contribution in [3.05, 3.63) is 60.5 Å². The molecule has 0 aromatic carbocycles. The first kappa shape index (κ1) is 16.2. The van der Waals surface area contributed by atoms with E-state index in [0.717, 1.165) is 11.3 Å². The molecule has 124 valence electrons. The number of likely N-dealkylation sites (N-methyl/N-ethyl adjacent to an activating group) is 1. The van der Waals surface area contributed by atoms with E-state index >= 15 is 0 Å². The van der Waals surface area contributed by atoms with Crippen molar-refractivity contribution in [2.24, 2.45) is 0 Å². The summed E-state index contributed by atoms with van der Waals surface area (Å²) >= 11 is 0. The Bertz CT molecular complexity index is 748. The molecule has 0 aliphatic carbocycles. The van der Waals surface area contributed by atoms with Crippen LogP contribution in [0.1, 0.15) is 17.6 Å². The van der Waals surface area contributed by atoms with Crippen LogP contribution >= 0.6 is 0 Å². The van der Waals surface area contributed by atoms with Gasteiger partial charge in [-0.3, -0.25) is 14.9 Å². The summed E-state index contributed by atoms with van der Waals surface area (Å²) < 4.78 is 11.1. The molecule has 7 nitrogen and oxygen atoms in total. The fourth-order valence-corrected chi connectivity index (χ4v) is 2.42. The van der Waals surface area contributed by atoms with Gasteiger partial charge in [-0.25, -0.2) is 0 Å². The number of ether oxygens (including phenoxy) is 1. The van der Waals surface area contributed by atoms with Crippen molar-refractivity contribution < 1.29 is 9.15 Å². The Labute approximate surface area is 140 Å². The maximum absolute atomic E-state index is 5.74. The average Bonchev–Trinajstić information content (AvgIpc) is 3.09. The van der Waals surface area contributed by atoms with Crippen molar-refractivity contribution >= 4 is 0 Å². The van der Waals surface area contributed by atoms with Gasteiger partial charge in [0.05, 0.1) is 30.5 Å². The molecule has 1 atom stereocenters. The molecule has 24 heavy (non-hydrogen) atoms. The third kappa shape index (κ3) is 3.81. The van der Waals surface area contributed by atoms with Gasteiger partial charge in [-0.05, 0) is 31.3 Å². The summed E-state index contributed by atoms with van der Waals surface area (Å²) in [5.74, 6) is 1.00. The molecule has 0 bridgehead atoms. The standard InChI is InChI=1S/C17H19N5O2/c1-22(15(12-23-2)14-7-3-4-9-19-14)11-16-20-21-17(24-16)13-6-5-8-18-10-13/h3-10,15H,11-12H2,1-2H3/t15-/m0/s1. The Kier molecular flexibility index (Phi) is 5.25. The zero-order valence-electron chi connectivity index (χ0n) is 13.7. The molecule has 0 N–H and O–H groups in total. The van der Waals surface area contributed by atoms with E-state index in [2.05, 4.69) is 25.1 Å². The molecule has 3 aromatic heterocycles. The van der Waals surface area contributed by atoms with E-state index in [1.165, 1.54) is 0 Å². The quantitative estimate of drug-likeness (QED) is 0.660. The highest BCUT2D eigenvalue weighted by Gasteiger charge is 2.20. The van der Waals surface area contributed by atoms with Crippen LogP contribution in [-0.2, 0) is 11.3 Å². The number of pyridine rings is 2. The topological polar surface area (TPSA) is 77.2 Å². The monoisotopic (exact) mass is 325 g/mol. The van der Waals surface area contributed by atoms with Gasteiger partial charge in [-0.1, -0.05) is 6.07 Å². The van der Waals surface area contributed by atoms with Crippen molar-refractivity contribution in [1.82, 2.24) is 25.1 Å². The van der Waals surface area contributed by atoms with Gasteiger partial charge in [0.15, 0.2) is 0 Å². The minimum Gasteiger partial charge on any atom is -0.419 e. The van der Waals surface area contributed by atoms with Crippen molar-refractivity contribution in [3.63, 3.8) is 0 Å². The third-order valence-electron chi connectivity index (χ3n) is 3.65. The summed E-state index contributed by atoms with van der Waals surface area (Å²) in [4.78, 5) is 10.6. The number of hydrogen-bond acceptors (Lipinski definition) is 7. The molecule has 0 aliphatic heterocycles. The van der Waals surface area contributed by atoms with E-state index in [0.29, 0.717) is 24.9 Å². The molecule has 0 saturated carbocycles. The first-order chi connectivity index (χ1) is 11.8. The van der Waals surface area contributed by atoms with Crippen LogP contribution in [0.15, 0.2) is 53.3 Å². The SMILES string of the molecule is COC[C@@H](c1ccccn1)N(C)Cc1nnc(-c2cccnc2)o1. The van der Waals surface area contributed by atoms with Gasteiger partial charge >= 0.3 is 0 Å². The number of nitrogens with zero attached hydrogens (tertiary/aromatic N) is 5. The Morgan fingerprint density at radius 1 is 1.17 bits per heavy atom. The predicted octanol–water partition coefficient (Wildman–Crippen LogP) is 2.35. The lowest BCUT2D eigenvalue weighted by Crippen LogP contribution is -2.28. The molecule has 0 aliphatic rings. The van der Waals surface area contributed by atoms with Gasteiger partial charge in [0.25, 0.3) is 0 Å². The summed E-state index contributed by atoms with van der Waals surface area (Å²) in [7, 11) is 3.66. The van der Waals surface area contributed by atoms with E-state index in [-0.39, 0.29) is 6.04 Å². The first-order valence-electron chi connectivity index (χ1n) is 7.61. The minimum absolute atomic E-state index is 0.00458. The van der Waals surface area contributed by atoms with E-state index in [9.17, 15) is 0 Å². The van der Waals surface area contributed by atoms with Crippen molar-refractivity contribution in [2.45, 2.75) is 12.6 Å². The van der Waals surface area contributed by atoms with Gasteiger partial charge in [0, 0.05) is 25.7 Å². The largest absolute Gasteiger partial charge is 0.419 e. The van der Waals surface area contributed by atoms with Crippen LogP contribution in [0.4, 0.5) is 0 Å². The third-order valence-corrected chi connectivity index (χ3v) is 3.65. The highest BCUT2D eigenvalue weighted by molar-refractivity contribution is 5.49. The second kappa shape index (κ2) is 7.76. The summed E-state index contributed by atoms with van der Waals surface area (Å²) in [5.41, 5.74) is 1.74. The molecule has 0 saturated heterocycles. The summed E-state index contributed by atoms with van der Waals surface area (Å²) in [6.45, 7) is 1.02. The average molecular weight is 325 g/mol. The maximum atomic E-state index is 5.74. The number of rotatable bonds is 7. The van der Waals surface area contributed by atoms with E-state index < -0.39 is 0 Å². The van der Waals surface area contributed by atoms with Crippen molar-refractivity contribution in [1.29, 1.82) is 0 Å². The molecule has 3 heterocycles. The van der Waals surface area contributed by atoms with Crippen LogP contribution in [0.25, 0.3) is 11.5 Å². The lowest BCUT2D eigenvalue weighted by molar-refractivity contribution is 0.0949. The Hall–Kier alpha value is -2.64. The van der Waals surface area contributed by atoms with E-state index in [1.807, 2.05) is 37.4 Å². The molecule has 3 aromatic rings. The molecule has 0 amide bonds. The van der Waals surface area contributed by atoms with Crippen LogP contribution in [0, 0.1) is 0 Å². The van der Waals surface area contributed by atoms with Crippen LogP contribution in [-0.4, -0.2) is 45.8 Å². The smallest absolute Gasteiger partial charge is 0.249 e. The second-order valence-corrected chi connectivity index (χ2v) is 5.38. The maximum Gasteiger partial charge on any atom is 0.249 e. The number of hydrogen-bond donors (Lipinski definition) is 0. The Balaban J connectivity index is 1.73. The number of aromatic nitrogens is 4. The van der Waals surface area contributed by atoms with Gasteiger partial charge in [0.1, 0.15) is 0 Å². The van der Waals surface area contributed by atoms with E-state index in [1.54, 1.807) is 25.7 Å². The molecule has 0 fully saturated rings. The number of methoxy groups -OCH3 is 1. The highest BCUT2D eigenvalue weighted by Crippen LogP contribution is 2.21. The van der Waals surface area contributed by atoms with Crippen molar-refractivity contribution in [3.8, 4) is 11.5 Å². The lowest BCUT2D eigenvalue weighted by atomic mass is 10.1. The predicted molar refractivity (Wildman–Crippen MR) is 87.9 cm³/mol. The molecule has 0 radical (unpaired) electrons. The summed E-state index contributed by atoms with van der Waals surface area (Å²) in [6, 6.07) is 9.56. The zero-order chi connectivity index (χ0) is 16.8. The Morgan fingerprint density at radius 2 is 2.08 bits per heavy atom. The summed E-state index contributed by atoms with van der Waals surface area (Å²) in [5, 5.41) is 8.21. The first-order valence-corrected chi connectivity index (χ1v) is 7.61. The molecule has 0 unspecified atom stereocenters. The van der Waals surface area contributed by atoms with Gasteiger partial charge in [-0.2, -0.15) is 0 Å². The van der Waals surface area contributed by atoms with Crippen LogP contribution in [0.2, 0.25) is 0 Å². The Morgan fingerprint density at radius 3 is 2.79 bits per heavy atom. The highest BCUT2D eigenvalue weighted by atomic mass is 16.5. The molecule has 7 heteroatoms. The van der Waals surface area contributed by atoms with Crippen LogP contribution < -0.4 is 0 Å². The van der Waals surface area contributed by atoms with Crippen molar-refractivity contribution in [2.75, 3.05) is 20.8 Å². The molecular weight excluding hydrogens is 306 g/mol. The second-order valence-electron chi connectivity index (χ2n) is 5.38.